The van der Waals surface area contributed by atoms with Crippen LogP contribution in [0.3, 0.4) is 0 Å². The number of phenolic OH excluding ortho intramolecular Hbond substituents is 1. The second-order valence-electron chi connectivity index (χ2n) is 8.53. The molecule has 0 fully saturated rings. The Morgan fingerprint density at radius 2 is 2.03 bits per heavy atom. The first-order chi connectivity index (χ1) is 18.2. The van der Waals surface area contributed by atoms with Crippen LogP contribution < -0.4 is 19.6 Å². The first-order valence-electron chi connectivity index (χ1n) is 11.7. The van der Waals surface area contributed by atoms with E-state index in [9.17, 15) is 14.7 Å². The fourth-order valence-corrected chi connectivity index (χ4v) is 6.51. The number of esters is 1. The van der Waals surface area contributed by atoms with E-state index in [0.717, 1.165) is 22.1 Å². The summed E-state index contributed by atoms with van der Waals surface area (Å²) in [4.78, 5) is 32.3. The Kier molecular flexibility index (Phi) is 7.17. The number of carbonyl (C=O) groups excluding carboxylic acids is 1. The van der Waals surface area contributed by atoms with E-state index in [0.29, 0.717) is 36.4 Å². The van der Waals surface area contributed by atoms with Crippen LogP contribution in [-0.4, -0.2) is 29.4 Å². The number of halogens is 2. The summed E-state index contributed by atoms with van der Waals surface area (Å²) in [7, 11) is 1.55. The number of carbonyl (C=O) groups is 1. The molecule has 2 heterocycles. The molecule has 1 aromatic heterocycles. The van der Waals surface area contributed by atoms with Crippen molar-refractivity contribution in [1.29, 1.82) is 0 Å². The lowest BCUT2D eigenvalue weighted by Gasteiger charge is -2.27. The topological polar surface area (TPSA) is 90.1 Å². The van der Waals surface area contributed by atoms with Crippen molar-refractivity contribution in [2.24, 2.45) is 4.99 Å². The van der Waals surface area contributed by atoms with E-state index in [-0.39, 0.29) is 28.5 Å². The zero-order chi connectivity index (χ0) is 27.1. The summed E-state index contributed by atoms with van der Waals surface area (Å²) in [6, 6.07) is 13.9. The number of aromatic nitrogens is 1. The maximum Gasteiger partial charge on any atom is 0.338 e. The zero-order valence-corrected chi connectivity index (χ0v) is 23.8. The highest BCUT2D eigenvalue weighted by atomic mass is 79.9. The quantitative estimate of drug-likeness (QED) is 0.317. The third kappa shape index (κ3) is 4.44. The van der Waals surface area contributed by atoms with Gasteiger partial charge < -0.3 is 14.6 Å². The summed E-state index contributed by atoms with van der Waals surface area (Å²) in [6.07, 6.45) is 1.57. The highest BCUT2D eigenvalue weighted by Gasteiger charge is 2.36. The van der Waals surface area contributed by atoms with Crippen LogP contribution in [0, 0.1) is 0 Å². The fourth-order valence-electron chi connectivity index (χ4n) is 4.64. The molecule has 1 atom stereocenters. The second-order valence-corrected chi connectivity index (χ2v) is 10.9. The largest absolute Gasteiger partial charge is 0.506 e. The van der Waals surface area contributed by atoms with Crippen molar-refractivity contribution in [2.45, 2.75) is 19.9 Å². The molecular weight excluding hydrogens is 592 g/mol. The molecule has 7 nitrogen and oxygen atoms in total. The van der Waals surface area contributed by atoms with Crippen LogP contribution in [0.5, 0.6) is 11.5 Å². The maximum absolute atomic E-state index is 14.0. The number of ether oxygens (including phenoxy) is 2. The molecule has 38 heavy (non-hydrogen) atoms. The van der Waals surface area contributed by atoms with Crippen LogP contribution in [0.4, 0.5) is 0 Å². The monoisotopic (exact) mass is 612 g/mol. The van der Waals surface area contributed by atoms with Gasteiger partial charge in [-0.25, -0.2) is 9.79 Å². The molecule has 4 aromatic rings. The molecule has 0 radical (unpaired) electrons. The van der Waals surface area contributed by atoms with Crippen LogP contribution in [0.15, 0.2) is 74.1 Å². The Hall–Kier alpha value is -3.40. The van der Waals surface area contributed by atoms with Crippen LogP contribution in [-0.2, 0) is 9.53 Å². The van der Waals surface area contributed by atoms with Crippen molar-refractivity contribution in [3.8, 4) is 11.5 Å². The van der Waals surface area contributed by atoms with Gasteiger partial charge >= 0.3 is 5.97 Å². The van der Waals surface area contributed by atoms with Gasteiger partial charge in [0.05, 0.1) is 34.5 Å². The predicted molar refractivity (Wildman–Crippen MR) is 152 cm³/mol. The number of nitrogens with zero attached hydrogens (tertiary/aromatic N) is 2. The van der Waals surface area contributed by atoms with E-state index in [2.05, 4.69) is 20.9 Å². The Morgan fingerprint density at radius 3 is 2.76 bits per heavy atom. The number of methoxy groups -OCH3 is 1. The van der Waals surface area contributed by atoms with E-state index in [1.807, 2.05) is 36.4 Å². The lowest BCUT2D eigenvalue weighted by atomic mass is 9.90. The number of aromatic hydroxyl groups is 1. The standard InChI is InChI=1S/C28H22BrClN2O5S/c1-4-37-27(35)22-14(2)31-28-32(24(22)23-18-8-6-5-7-15(18)9-10-20(23)36-3)26(34)21(38-28)12-16-11-17(29)13-19(30)25(16)33/h5-13,24,33H,4H2,1-3H3/b21-12-/t24-/m1/s1. The first-order valence-corrected chi connectivity index (χ1v) is 13.7. The third-order valence-electron chi connectivity index (χ3n) is 6.29. The van der Waals surface area contributed by atoms with Gasteiger partial charge in [0.1, 0.15) is 17.5 Å². The number of benzene rings is 3. The van der Waals surface area contributed by atoms with Gasteiger partial charge in [-0.2, -0.15) is 0 Å². The molecule has 3 aromatic carbocycles. The lowest BCUT2D eigenvalue weighted by Crippen LogP contribution is -2.40. The highest BCUT2D eigenvalue weighted by Crippen LogP contribution is 2.40. The summed E-state index contributed by atoms with van der Waals surface area (Å²) in [5, 5.41) is 12.4. The summed E-state index contributed by atoms with van der Waals surface area (Å²) in [5.74, 6) is -0.174. The average Bonchev–Trinajstić information content (AvgIpc) is 3.19. The number of thiazole rings is 1. The number of hydrogen-bond acceptors (Lipinski definition) is 7. The van der Waals surface area contributed by atoms with Crippen molar-refractivity contribution in [3.05, 3.63) is 100 Å². The molecule has 10 heteroatoms. The second kappa shape index (κ2) is 10.4. The molecular formula is C28H22BrClN2O5S. The Balaban J connectivity index is 1.86. The minimum atomic E-state index is -0.854. The molecule has 0 aliphatic carbocycles. The summed E-state index contributed by atoms with van der Waals surface area (Å²) >= 11 is 10.7. The first kappa shape index (κ1) is 26.2. The van der Waals surface area contributed by atoms with Gasteiger partial charge in [0, 0.05) is 15.6 Å². The molecule has 194 valence electrons. The summed E-state index contributed by atoms with van der Waals surface area (Å²) in [5.41, 5.74) is 1.36. The lowest BCUT2D eigenvalue weighted by molar-refractivity contribution is -0.139. The van der Waals surface area contributed by atoms with E-state index >= 15 is 0 Å². The van der Waals surface area contributed by atoms with E-state index in [1.54, 1.807) is 39.2 Å². The number of phenols is 1. The van der Waals surface area contributed by atoms with Crippen LogP contribution in [0.1, 0.15) is 31.0 Å². The van der Waals surface area contributed by atoms with Crippen LogP contribution in [0.2, 0.25) is 5.02 Å². The number of fused-ring (bicyclic) bond motifs is 2. The zero-order valence-electron chi connectivity index (χ0n) is 20.6. The average molecular weight is 614 g/mol. The molecule has 0 unspecified atom stereocenters. The van der Waals surface area contributed by atoms with Crippen LogP contribution >= 0.6 is 38.9 Å². The van der Waals surface area contributed by atoms with Crippen molar-refractivity contribution in [1.82, 2.24) is 4.57 Å². The van der Waals surface area contributed by atoms with Gasteiger partial charge in [0.2, 0.25) is 0 Å². The molecule has 0 saturated carbocycles. The smallest absolute Gasteiger partial charge is 0.338 e. The van der Waals surface area contributed by atoms with Crippen molar-refractivity contribution in [3.63, 3.8) is 0 Å². The number of hydrogen-bond donors (Lipinski definition) is 1. The molecule has 1 N–H and O–H groups in total. The maximum atomic E-state index is 14.0. The molecule has 5 rings (SSSR count). The fraction of sp³-hybridized carbons (Fsp3) is 0.179. The number of allylic oxidation sites excluding steroid dienone is 1. The van der Waals surface area contributed by atoms with Crippen LogP contribution in [0.25, 0.3) is 16.8 Å². The van der Waals surface area contributed by atoms with Crippen molar-refractivity contribution in [2.75, 3.05) is 13.7 Å². The third-order valence-corrected chi connectivity index (χ3v) is 8.01. The van der Waals surface area contributed by atoms with Gasteiger partial charge in [-0.1, -0.05) is 69.2 Å². The minimum absolute atomic E-state index is 0.142. The molecule has 0 spiro atoms. The van der Waals surface area contributed by atoms with Gasteiger partial charge in [-0.15, -0.1) is 0 Å². The van der Waals surface area contributed by atoms with E-state index < -0.39 is 12.0 Å². The normalized spacial score (nSPS) is 15.4. The predicted octanol–water partition coefficient (Wildman–Crippen LogP) is 5.08. The van der Waals surface area contributed by atoms with Gasteiger partial charge in [0.15, 0.2) is 4.80 Å². The van der Waals surface area contributed by atoms with Crippen molar-refractivity contribution >= 4 is 61.7 Å². The Labute approximate surface area is 235 Å². The molecule has 1 aliphatic heterocycles. The molecule has 0 saturated heterocycles. The highest BCUT2D eigenvalue weighted by molar-refractivity contribution is 9.10. The Bertz CT molecular complexity index is 1830. The van der Waals surface area contributed by atoms with Gasteiger partial charge in [-0.05, 0) is 48.9 Å². The Morgan fingerprint density at radius 1 is 1.26 bits per heavy atom. The summed E-state index contributed by atoms with van der Waals surface area (Å²) < 4.78 is 13.6. The van der Waals surface area contributed by atoms with Gasteiger partial charge in [-0.3, -0.25) is 9.36 Å². The SMILES string of the molecule is CCOC(=O)C1=C(C)N=c2s/c(=C\c3cc(Br)cc(Cl)c3O)c(=O)n2[C@H]1c1c(OC)ccc2ccccc12. The van der Waals surface area contributed by atoms with E-state index in [4.69, 9.17) is 21.1 Å². The number of rotatable bonds is 5. The molecule has 0 bridgehead atoms. The van der Waals surface area contributed by atoms with E-state index in [1.165, 1.54) is 4.57 Å². The molecule has 1 aliphatic rings. The summed E-state index contributed by atoms with van der Waals surface area (Å²) in [6.45, 7) is 3.63. The minimum Gasteiger partial charge on any atom is -0.506 e. The van der Waals surface area contributed by atoms with Crippen molar-refractivity contribution < 1.29 is 19.4 Å². The molecule has 0 amide bonds. The van der Waals surface area contributed by atoms with Gasteiger partial charge in [0.25, 0.3) is 5.56 Å².